The molecule has 0 bridgehead atoms. The fourth-order valence-corrected chi connectivity index (χ4v) is 3.37. The van der Waals surface area contributed by atoms with Crippen molar-refractivity contribution in [2.45, 2.75) is 45.8 Å². The monoisotopic (exact) mass is 356 g/mol. The zero-order valence-corrected chi connectivity index (χ0v) is 15.7. The van der Waals surface area contributed by atoms with Crippen LogP contribution in [-0.2, 0) is 6.42 Å². The highest BCUT2D eigenvalue weighted by Gasteiger charge is 2.28. The minimum Gasteiger partial charge on any atom is -0.508 e. The van der Waals surface area contributed by atoms with E-state index in [1.807, 2.05) is 6.07 Å². The van der Waals surface area contributed by atoms with Gasteiger partial charge in [0.1, 0.15) is 11.9 Å². The first-order chi connectivity index (χ1) is 12.0. The van der Waals surface area contributed by atoms with Crippen molar-refractivity contribution in [1.82, 2.24) is 5.32 Å². The minimum atomic E-state index is -0.00977. The van der Waals surface area contributed by atoms with E-state index in [0.717, 1.165) is 29.7 Å². The number of hydrogen-bond donors (Lipinski definition) is 2. The Kier molecular flexibility index (Phi) is 5.45. The maximum Gasteiger partial charge on any atom is 0.120 e. The number of hydrogen-bond acceptors (Lipinski definition) is 3. The number of aliphatic imine (C=N–C) groups is 1. The summed E-state index contributed by atoms with van der Waals surface area (Å²) in [5.74, 6) is 0.626. The van der Waals surface area contributed by atoms with Crippen LogP contribution in [0.3, 0.4) is 0 Å². The second-order valence-electron chi connectivity index (χ2n) is 6.94. The normalized spacial score (nSPS) is 20.6. The second-order valence-corrected chi connectivity index (χ2v) is 7.38. The third kappa shape index (κ3) is 4.05. The Morgan fingerprint density at radius 1 is 1.20 bits per heavy atom. The molecular weight excluding hydrogens is 332 g/mol. The predicted molar refractivity (Wildman–Crippen MR) is 105 cm³/mol. The van der Waals surface area contributed by atoms with E-state index in [9.17, 15) is 5.11 Å². The number of rotatable bonds is 4. The first kappa shape index (κ1) is 18.0. The number of nitrogens with one attached hydrogen (secondary N) is 1. The Hall–Kier alpha value is -1.84. The molecule has 3 nitrogen and oxygen atoms in total. The molecule has 0 fully saturated rings. The molecule has 2 atom stereocenters. The number of nitrogens with zero attached hydrogens (tertiary/aromatic N) is 1. The van der Waals surface area contributed by atoms with Gasteiger partial charge in [0.05, 0.1) is 0 Å². The van der Waals surface area contributed by atoms with Gasteiger partial charge in [-0.25, -0.2) is 0 Å². The zero-order valence-electron chi connectivity index (χ0n) is 15.0. The van der Waals surface area contributed by atoms with Gasteiger partial charge in [-0.2, -0.15) is 0 Å². The van der Waals surface area contributed by atoms with Gasteiger partial charge in [0.25, 0.3) is 0 Å². The van der Waals surface area contributed by atoms with Crippen molar-refractivity contribution >= 4 is 17.3 Å². The SMILES string of the molecule is CCc1ccc(C2=N[C@H](C(C)C)N[C@H](c3cc(Cl)ccc3O)C2)cc1. The molecule has 3 rings (SSSR count). The average molecular weight is 357 g/mol. The quantitative estimate of drug-likeness (QED) is 0.799. The highest BCUT2D eigenvalue weighted by Crippen LogP contribution is 2.33. The number of aryl methyl sites for hydroxylation is 1. The van der Waals surface area contributed by atoms with Crippen LogP contribution in [0.5, 0.6) is 5.75 Å². The Labute approximate surface area is 154 Å². The Balaban J connectivity index is 1.95. The second kappa shape index (κ2) is 7.59. The van der Waals surface area contributed by atoms with Gasteiger partial charge in [-0.1, -0.05) is 56.6 Å². The van der Waals surface area contributed by atoms with E-state index in [1.165, 1.54) is 5.56 Å². The summed E-state index contributed by atoms with van der Waals surface area (Å²) in [5, 5.41) is 14.5. The van der Waals surface area contributed by atoms with Crippen LogP contribution in [0, 0.1) is 5.92 Å². The number of benzene rings is 2. The molecule has 2 aromatic rings. The van der Waals surface area contributed by atoms with Crippen LogP contribution in [0.15, 0.2) is 47.5 Å². The maximum atomic E-state index is 10.3. The lowest BCUT2D eigenvalue weighted by Gasteiger charge is -2.32. The lowest BCUT2D eigenvalue weighted by molar-refractivity contribution is 0.345. The molecule has 0 aromatic heterocycles. The molecule has 2 N–H and O–H groups in total. The summed E-state index contributed by atoms with van der Waals surface area (Å²) in [6.45, 7) is 6.46. The topological polar surface area (TPSA) is 44.6 Å². The van der Waals surface area contributed by atoms with Gasteiger partial charge in [-0.05, 0) is 41.7 Å². The number of phenols is 1. The smallest absolute Gasteiger partial charge is 0.120 e. The summed E-state index contributed by atoms with van der Waals surface area (Å²) in [6.07, 6.45) is 1.77. The van der Waals surface area contributed by atoms with Gasteiger partial charge in [0, 0.05) is 28.8 Å². The minimum absolute atomic E-state index is 0.00977. The lowest BCUT2D eigenvalue weighted by Crippen LogP contribution is -2.41. The zero-order chi connectivity index (χ0) is 18.0. The fraction of sp³-hybridized carbons (Fsp3) is 0.381. The van der Waals surface area contributed by atoms with Crippen LogP contribution in [0.2, 0.25) is 5.02 Å². The van der Waals surface area contributed by atoms with Crippen molar-refractivity contribution in [2.75, 3.05) is 0 Å². The standard InChI is InChI=1S/C21H25ClN2O/c1-4-14-5-7-15(8-6-14)18-12-19(24-21(23-18)13(2)3)17-11-16(22)9-10-20(17)25/h5-11,13,19,21,24-25H,4,12H2,1-3H3/t19-,21-/m0/s1. The molecule has 0 amide bonds. The molecule has 0 unspecified atom stereocenters. The summed E-state index contributed by atoms with van der Waals surface area (Å²) in [7, 11) is 0. The summed E-state index contributed by atoms with van der Waals surface area (Å²) < 4.78 is 0. The van der Waals surface area contributed by atoms with Crippen molar-refractivity contribution in [3.8, 4) is 5.75 Å². The first-order valence-corrected chi connectivity index (χ1v) is 9.26. The molecule has 0 saturated carbocycles. The molecule has 0 spiro atoms. The van der Waals surface area contributed by atoms with E-state index in [0.29, 0.717) is 10.9 Å². The van der Waals surface area contributed by atoms with Gasteiger partial charge >= 0.3 is 0 Å². The Morgan fingerprint density at radius 3 is 2.56 bits per heavy atom. The molecule has 1 aliphatic rings. The largest absolute Gasteiger partial charge is 0.508 e. The first-order valence-electron chi connectivity index (χ1n) is 8.88. The van der Waals surface area contributed by atoms with Crippen molar-refractivity contribution in [2.24, 2.45) is 10.9 Å². The molecule has 1 aliphatic heterocycles. The van der Waals surface area contributed by atoms with E-state index >= 15 is 0 Å². The molecule has 0 saturated heterocycles. The summed E-state index contributed by atoms with van der Waals surface area (Å²) in [5.41, 5.74) is 4.37. The van der Waals surface area contributed by atoms with Crippen LogP contribution in [0.4, 0.5) is 0 Å². The van der Waals surface area contributed by atoms with Crippen molar-refractivity contribution < 1.29 is 5.11 Å². The summed E-state index contributed by atoms with van der Waals surface area (Å²) >= 11 is 6.15. The van der Waals surface area contributed by atoms with Crippen molar-refractivity contribution in [3.05, 3.63) is 64.2 Å². The molecule has 4 heteroatoms. The van der Waals surface area contributed by atoms with E-state index in [1.54, 1.807) is 12.1 Å². The molecular formula is C21H25ClN2O. The molecule has 2 aromatic carbocycles. The maximum absolute atomic E-state index is 10.3. The Bertz CT molecular complexity index is 768. The van der Waals surface area contributed by atoms with Crippen LogP contribution >= 0.6 is 11.6 Å². The average Bonchev–Trinajstić information content (AvgIpc) is 2.63. The van der Waals surface area contributed by atoms with Crippen LogP contribution in [0.1, 0.15) is 49.9 Å². The highest BCUT2D eigenvalue weighted by atomic mass is 35.5. The van der Waals surface area contributed by atoms with Gasteiger partial charge in [0.2, 0.25) is 0 Å². The van der Waals surface area contributed by atoms with Crippen LogP contribution in [-0.4, -0.2) is 17.0 Å². The predicted octanol–water partition coefficient (Wildman–Crippen LogP) is 5.11. The molecule has 0 radical (unpaired) electrons. The van der Waals surface area contributed by atoms with E-state index in [2.05, 4.69) is 50.4 Å². The molecule has 1 heterocycles. The number of aromatic hydroxyl groups is 1. The third-order valence-corrected chi connectivity index (χ3v) is 4.99. The molecule has 0 aliphatic carbocycles. The summed E-state index contributed by atoms with van der Waals surface area (Å²) in [4.78, 5) is 4.93. The number of halogens is 1. The van der Waals surface area contributed by atoms with E-state index < -0.39 is 0 Å². The summed E-state index contributed by atoms with van der Waals surface area (Å²) in [6, 6.07) is 13.8. The fourth-order valence-electron chi connectivity index (χ4n) is 3.19. The van der Waals surface area contributed by atoms with Crippen molar-refractivity contribution in [3.63, 3.8) is 0 Å². The van der Waals surface area contributed by atoms with Crippen LogP contribution in [0.25, 0.3) is 0 Å². The molecule has 132 valence electrons. The number of phenolic OH excluding ortho intramolecular Hbond substituents is 1. The van der Waals surface area contributed by atoms with Gasteiger partial charge < -0.3 is 5.11 Å². The van der Waals surface area contributed by atoms with Gasteiger partial charge in [0.15, 0.2) is 0 Å². The third-order valence-electron chi connectivity index (χ3n) is 4.76. The van der Waals surface area contributed by atoms with Crippen molar-refractivity contribution in [1.29, 1.82) is 0 Å². The van der Waals surface area contributed by atoms with E-state index in [4.69, 9.17) is 16.6 Å². The van der Waals surface area contributed by atoms with Gasteiger partial charge in [-0.15, -0.1) is 0 Å². The van der Waals surface area contributed by atoms with E-state index in [-0.39, 0.29) is 18.0 Å². The lowest BCUT2D eigenvalue weighted by atomic mass is 9.92. The van der Waals surface area contributed by atoms with Gasteiger partial charge in [-0.3, -0.25) is 10.3 Å². The highest BCUT2D eigenvalue weighted by molar-refractivity contribution is 6.30. The molecule has 25 heavy (non-hydrogen) atoms. The Morgan fingerprint density at radius 2 is 1.92 bits per heavy atom. The van der Waals surface area contributed by atoms with Crippen LogP contribution < -0.4 is 5.32 Å².